The maximum Gasteiger partial charge on any atom is 0.0602 e. The van der Waals surface area contributed by atoms with E-state index >= 15 is 0 Å². The smallest absolute Gasteiger partial charge is 0.0602 e. The Balaban J connectivity index is 1.87. The predicted molar refractivity (Wildman–Crippen MR) is 63.2 cm³/mol. The molecular formula is C12H16NOP. The molecule has 0 radical (unpaired) electrons. The lowest BCUT2D eigenvalue weighted by molar-refractivity contribution is 0.126. The Morgan fingerprint density at radius 1 is 1.33 bits per heavy atom. The van der Waals surface area contributed by atoms with Crippen LogP contribution in [0.5, 0.6) is 0 Å². The molecule has 3 heteroatoms. The van der Waals surface area contributed by atoms with Crippen molar-refractivity contribution in [2.24, 2.45) is 11.8 Å². The maximum atomic E-state index is 9.99. The van der Waals surface area contributed by atoms with Crippen LogP contribution in [0.2, 0.25) is 0 Å². The SMILES string of the molecule is OC1C2CCC1C(c1ccc(P)nc1)C2. The highest BCUT2D eigenvalue weighted by Gasteiger charge is 2.47. The van der Waals surface area contributed by atoms with Crippen molar-refractivity contribution in [3.05, 3.63) is 23.9 Å². The molecular weight excluding hydrogens is 205 g/mol. The predicted octanol–water partition coefficient (Wildman–Crippen LogP) is 1.46. The summed E-state index contributed by atoms with van der Waals surface area (Å²) < 4.78 is 0. The molecule has 0 aliphatic heterocycles. The van der Waals surface area contributed by atoms with Gasteiger partial charge in [0.05, 0.1) is 11.5 Å². The fourth-order valence-corrected chi connectivity index (χ4v) is 3.49. The van der Waals surface area contributed by atoms with Crippen LogP contribution in [0.25, 0.3) is 0 Å². The van der Waals surface area contributed by atoms with Crippen molar-refractivity contribution in [2.45, 2.75) is 31.3 Å². The van der Waals surface area contributed by atoms with Crippen LogP contribution in [-0.4, -0.2) is 16.2 Å². The standard InChI is InChI=1S/C12H16NOP/c14-12-7-1-3-9(12)10(5-7)8-2-4-11(15)13-6-8/h2,4,6-7,9-10,12,14H,1,3,5,15H2. The molecule has 0 aromatic carbocycles. The summed E-state index contributed by atoms with van der Waals surface area (Å²) >= 11 is 0. The van der Waals surface area contributed by atoms with Crippen molar-refractivity contribution in [1.29, 1.82) is 0 Å². The van der Waals surface area contributed by atoms with Gasteiger partial charge in [-0.1, -0.05) is 15.3 Å². The molecule has 3 rings (SSSR count). The molecule has 0 spiro atoms. The van der Waals surface area contributed by atoms with Gasteiger partial charge in [-0.05, 0) is 48.6 Å². The molecule has 0 saturated heterocycles. The van der Waals surface area contributed by atoms with Gasteiger partial charge in [0.15, 0.2) is 0 Å². The first-order valence-electron chi connectivity index (χ1n) is 5.65. The lowest BCUT2D eigenvalue weighted by Crippen LogP contribution is -2.15. The van der Waals surface area contributed by atoms with E-state index in [0.29, 0.717) is 17.8 Å². The quantitative estimate of drug-likeness (QED) is 0.728. The number of hydrogen-bond donors (Lipinski definition) is 1. The molecule has 80 valence electrons. The van der Waals surface area contributed by atoms with Crippen molar-refractivity contribution < 1.29 is 5.11 Å². The topological polar surface area (TPSA) is 33.1 Å². The van der Waals surface area contributed by atoms with Crippen molar-refractivity contribution in [2.75, 3.05) is 0 Å². The van der Waals surface area contributed by atoms with Gasteiger partial charge in [-0.15, -0.1) is 0 Å². The summed E-state index contributed by atoms with van der Waals surface area (Å²) in [6, 6.07) is 4.20. The van der Waals surface area contributed by atoms with Crippen LogP contribution in [0, 0.1) is 11.8 Å². The normalized spacial score (nSPS) is 38.5. The minimum Gasteiger partial charge on any atom is -0.393 e. The van der Waals surface area contributed by atoms with Crippen molar-refractivity contribution in [3.8, 4) is 0 Å². The molecule has 5 unspecified atom stereocenters. The van der Waals surface area contributed by atoms with Crippen LogP contribution in [0.3, 0.4) is 0 Å². The second-order valence-corrected chi connectivity index (χ2v) is 5.44. The summed E-state index contributed by atoms with van der Waals surface area (Å²) in [5.74, 6) is 1.60. The van der Waals surface area contributed by atoms with Gasteiger partial charge >= 0.3 is 0 Å². The molecule has 0 amide bonds. The summed E-state index contributed by atoms with van der Waals surface area (Å²) in [4.78, 5) is 4.31. The first kappa shape index (κ1) is 9.74. The number of aromatic nitrogens is 1. The fraction of sp³-hybridized carbons (Fsp3) is 0.583. The molecule has 1 aromatic rings. The van der Waals surface area contributed by atoms with E-state index in [9.17, 15) is 5.11 Å². The van der Waals surface area contributed by atoms with Crippen molar-refractivity contribution >= 4 is 14.7 Å². The lowest BCUT2D eigenvalue weighted by atomic mass is 9.84. The van der Waals surface area contributed by atoms with Crippen LogP contribution in [0.15, 0.2) is 18.3 Å². The molecule has 1 N–H and O–H groups in total. The average Bonchev–Trinajstić information content (AvgIpc) is 2.75. The van der Waals surface area contributed by atoms with E-state index in [1.807, 2.05) is 12.3 Å². The Kier molecular flexibility index (Phi) is 2.30. The molecule has 15 heavy (non-hydrogen) atoms. The summed E-state index contributed by atoms with van der Waals surface area (Å²) in [5, 5.41) is 9.99. The van der Waals surface area contributed by atoms with Gasteiger partial charge in [-0.25, -0.2) is 0 Å². The number of fused-ring (bicyclic) bond motifs is 2. The molecule has 2 aliphatic rings. The second kappa shape index (κ2) is 3.54. The third-order valence-electron chi connectivity index (χ3n) is 4.10. The second-order valence-electron chi connectivity index (χ2n) is 4.85. The van der Waals surface area contributed by atoms with Crippen LogP contribution in [-0.2, 0) is 0 Å². The van der Waals surface area contributed by atoms with Gasteiger partial charge in [0.2, 0.25) is 0 Å². The van der Waals surface area contributed by atoms with Gasteiger partial charge in [0.25, 0.3) is 0 Å². The van der Waals surface area contributed by atoms with Gasteiger partial charge in [0, 0.05) is 6.20 Å². The molecule has 2 fully saturated rings. The Hall–Kier alpha value is -0.460. The van der Waals surface area contributed by atoms with Gasteiger partial charge in [0.1, 0.15) is 0 Å². The van der Waals surface area contributed by atoms with E-state index in [0.717, 1.165) is 11.9 Å². The zero-order valence-corrected chi connectivity index (χ0v) is 9.79. The van der Waals surface area contributed by atoms with E-state index in [4.69, 9.17) is 0 Å². The third-order valence-corrected chi connectivity index (χ3v) is 4.44. The first-order chi connectivity index (χ1) is 7.25. The highest BCUT2D eigenvalue weighted by molar-refractivity contribution is 7.26. The zero-order valence-electron chi connectivity index (χ0n) is 8.63. The summed E-state index contributed by atoms with van der Waals surface area (Å²) in [6.45, 7) is 0. The highest BCUT2D eigenvalue weighted by Crippen LogP contribution is 2.52. The van der Waals surface area contributed by atoms with Crippen LogP contribution >= 0.6 is 9.24 Å². The molecule has 2 aliphatic carbocycles. The maximum absolute atomic E-state index is 9.99. The number of hydrogen-bond acceptors (Lipinski definition) is 2. The van der Waals surface area contributed by atoms with Crippen molar-refractivity contribution in [1.82, 2.24) is 4.98 Å². The third kappa shape index (κ3) is 1.51. The van der Waals surface area contributed by atoms with Gasteiger partial charge < -0.3 is 5.11 Å². The molecule has 5 atom stereocenters. The first-order valence-corrected chi connectivity index (χ1v) is 6.23. The van der Waals surface area contributed by atoms with E-state index in [-0.39, 0.29) is 6.10 Å². The molecule has 2 bridgehead atoms. The minimum atomic E-state index is -0.0503. The number of aliphatic hydroxyl groups excluding tert-OH is 1. The molecule has 1 heterocycles. The Bertz CT molecular complexity index is 364. The lowest BCUT2D eigenvalue weighted by Gasteiger charge is -2.21. The minimum absolute atomic E-state index is 0.0503. The van der Waals surface area contributed by atoms with Gasteiger partial charge in [-0.3, -0.25) is 4.98 Å². The highest BCUT2D eigenvalue weighted by atomic mass is 31.0. The Morgan fingerprint density at radius 3 is 2.73 bits per heavy atom. The van der Waals surface area contributed by atoms with Crippen LogP contribution < -0.4 is 5.44 Å². The zero-order chi connectivity index (χ0) is 10.4. The molecule has 1 aromatic heterocycles. The fourth-order valence-electron chi connectivity index (χ4n) is 3.31. The largest absolute Gasteiger partial charge is 0.393 e. The van der Waals surface area contributed by atoms with Crippen LogP contribution in [0.4, 0.5) is 0 Å². The Morgan fingerprint density at radius 2 is 2.20 bits per heavy atom. The van der Waals surface area contributed by atoms with Crippen molar-refractivity contribution in [3.63, 3.8) is 0 Å². The monoisotopic (exact) mass is 221 g/mol. The summed E-state index contributed by atoms with van der Waals surface area (Å²) in [7, 11) is 2.61. The number of nitrogens with zero attached hydrogens (tertiary/aromatic N) is 1. The molecule has 2 saturated carbocycles. The van der Waals surface area contributed by atoms with E-state index in [1.165, 1.54) is 18.4 Å². The van der Waals surface area contributed by atoms with Gasteiger partial charge in [-0.2, -0.15) is 0 Å². The van der Waals surface area contributed by atoms with E-state index < -0.39 is 0 Å². The number of aliphatic hydroxyl groups is 1. The summed E-state index contributed by atoms with van der Waals surface area (Å²) in [5.41, 5.74) is 2.30. The number of rotatable bonds is 1. The average molecular weight is 221 g/mol. The summed E-state index contributed by atoms with van der Waals surface area (Å²) in [6.07, 6.45) is 5.49. The van der Waals surface area contributed by atoms with E-state index in [1.54, 1.807) is 0 Å². The van der Waals surface area contributed by atoms with Crippen LogP contribution in [0.1, 0.15) is 30.7 Å². The number of pyridine rings is 1. The Labute approximate surface area is 92.3 Å². The molecule has 2 nitrogen and oxygen atoms in total. The van der Waals surface area contributed by atoms with E-state index in [2.05, 4.69) is 20.3 Å².